The summed E-state index contributed by atoms with van der Waals surface area (Å²) in [6, 6.07) is 9.27. The van der Waals surface area contributed by atoms with Gasteiger partial charge < -0.3 is 20.2 Å². The molecule has 0 saturated heterocycles. The Balaban J connectivity index is 1.31. The van der Waals surface area contributed by atoms with Gasteiger partial charge in [-0.15, -0.1) is 11.8 Å². The number of aromatic nitrogens is 2. The third-order valence-corrected chi connectivity index (χ3v) is 9.13. The number of pyridine rings is 1. The van der Waals surface area contributed by atoms with E-state index < -0.39 is 12.0 Å². The van der Waals surface area contributed by atoms with Gasteiger partial charge in [0.1, 0.15) is 0 Å². The molecule has 1 aromatic carbocycles. The minimum absolute atomic E-state index is 0.0385. The first-order valence-electron chi connectivity index (χ1n) is 13.3. The number of nitrogens with zero attached hydrogens (tertiary/aromatic N) is 1. The molecule has 2 amide bonds. The van der Waals surface area contributed by atoms with Crippen LogP contribution in [0.15, 0.2) is 40.0 Å². The maximum Gasteiger partial charge on any atom is 0.254 e. The molecule has 2 aliphatic carbocycles. The molecule has 3 N–H and O–H groups in total. The predicted molar refractivity (Wildman–Crippen MR) is 148 cm³/mol. The van der Waals surface area contributed by atoms with E-state index in [2.05, 4.69) is 27.1 Å². The number of fused-ring (bicyclic) bond motifs is 1. The van der Waals surface area contributed by atoms with Gasteiger partial charge in [-0.2, -0.15) is 0 Å². The van der Waals surface area contributed by atoms with Gasteiger partial charge in [-0.1, -0.05) is 18.2 Å². The van der Waals surface area contributed by atoms with Gasteiger partial charge >= 0.3 is 0 Å². The molecule has 5 rings (SSSR count). The monoisotopic (exact) mass is 556 g/mol. The first kappa shape index (κ1) is 27.4. The van der Waals surface area contributed by atoms with Crippen molar-refractivity contribution in [3.63, 3.8) is 0 Å². The Morgan fingerprint density at radius 2 is 1.90 bits per heavy atom. The zero-order chi connectivity index (χ0) is 28.1. The van der Waals surface area contributed by atoms with E-state index in [1.807, 2.05) is 50.4 Å². The van der Waals surface area contributed by atoms with Crippen molar-refractivity contribution >= 4 is 34.5 Å². The number of thioether (sulfide) groups is 1. The lowest BCUT2D eigenvalue weighted by atomic mass is 9.70. The Kier molecular flexibility index (Phi) is 7.35. The van der Waals surface area contributed by atoms with Gasteiger partial charge in [0, 0.05) is 70.1 Å². The van der Waals surface area contributed by atoms with Gasteiger partial charge in [-0.05, 0) is 57.9 Å². The van der Waals surface area contributed by atoms with E-state index in [4.69, 9.17) is 0 Å². The molecule has 0 aliphatic heterocycles. The molecule has 10 heteroatoms. The van der Waals surface area contributed by atoms with Crippen LogP contribution in [0.1, 0.15) is 66.0 Å². The smallest absolute Gasteiger partial charge is 0.254 e. The van der Waals surface area contributed by atoms with Crippen molar-refractivity contribution in [3.8, 4) is 0 Å². The zero-order valence-electron chi connectivity index (χ0n) is 22.6. The number of halogens is 2. The second kappa shape index (κ2) is 10.4. The quantitative estimate of drug-likeness (QED) is 0.337. The van der Waals surface area contributed by atoms with Gasteiger partial charge in [0.05, 0.1) is 5.56 Å². The summed E-state index contributed by atoms with van der Waals surface area (Å²) >= 11 is 1.47. The normalized spacial score (nSPS) is 21.2. The molecule has 2 saturated carbocycles. The number of rotatable bonds is 8. The van der Waals surface area contributed by atoms with E-state index in [0.29, 0.717) is 24.0 Å². The summed E-state index contributed by atoms with van der Waals surface area (Å²) in [5.41, 5.74) is 3.44. The number of alkyl halides is 2. The molecule has 208 valence electrons. The fourth-order valence-corrected chi connectivity index (χ4v) is 6.76. The van der Waals surface area contributed by atoms with Crippen LogP contribution in [0.3, 0.4) is 0 Å². The summed E-state index contributed by atoms with van der Waals surface area (Å²) < 4.78 is 28.4. The van der Waals surface area contributed by atoms with E-state index in [9.17, 15) is 23.2 Å². The molecule has 2 aromatic heterocycles. The Morgan fingerprint density at radius 1 is 1.21 bits per heavy atom. The molecular weight excluding hydrogens is 522 g/mol. The van der Waals surface area contributed by atoms with Crippen molar-refractivity contribution in [1.82, 2.24) is 20.2 Å². The van der Waals surface area contributed by atoms with Crippen molar-refractivity contribution in [2.45, 2.75) is 75.9 Å². The Hall–Kier alpha value is -3.14. The van der Waals surface area contributed by atoms with Crippen molar-refractivity contribution < 1.29 is 18.4 Å². The topological polar surface area (TPSA) is 96.0 Å². The molecule has 2 aliphatic rings. The number of benzene rings is 1. The molecule has 7 nitrogen and oxygen atoms in total. The molecule has 2 fully saturated rings. The number of carbonyl (C=O) groups is 2. The van der Waals surface area contributed by atoms with Crippen LogP contribution in [0.25, 0.3) is 10.9 Å². The van der Waals surface area contributed by atoms with Crippen LogP contribution in [0.5, 0.6) is 0 Å². The molecule has 39 heavy (non-hydrogen) atoms. The maximum atomic E-state index is 13.5. The summed E-state index contributed by atoms with van der Waals surface area (Å²) in [5, 5.41) is 6.56. The number of H-pyrrole nitrogens is 1. The Bertz CT molecular complexity index is 1480. The highest BCUT2D eigenvalue weighted by Crippen LogP contribution is 2.44. The minimum Gasteiger partial charge on any atom is -0.353 e. The average molecular weight is 557 g/mol. The van der Waals surface area contributed by atoms with Crippen LogP contribution >= 0.6 is 11.8 Å². The third-order valence-electron chi connectivity index (χ3n) is 8.33. The van der Waals surface area contributed by atoms with E-state index >= 15 is 0 Å². The second-order valence-corrected chi connectivity index (χ2v) is 11.8. The van der Waals surface area contributed by atoms with E-state index in [1.54, 1.807) is 0 Å². The molecule has 3 aromatic rings. The summed E-state index contributed by atoms with van der Waals surface area (Å²) in [6.45, 7) is 5.97. The van der Waals surface area contributed by atoms with Gasteiger partial charge in [0.15, 0.2) is 0 Å². The Morgan fingerprint density at radius 3 is 2.56 bits per heavy atom. The van der Waals surface area contributed by atoms with Gasteiger partial charge in [-0.3, -0.25) is 14.4 Å². The fraction of sp³-hybridized carbons (Fsp3) is 0.483. The van der Waals surface area contributed by atoms with E-state index in [-0.39, 0.29) is 54.6 Å². The minimum atomic E-state index is -2.65. The zero-order valence-corrected chi connectivity index (χ0v) is 23.4. The van der Waals surface area contributed by atoms with Crippen LogP contribution in [-0.4, -0.2) is 39.6 Å². The molecular formula is C29H34F2N4O3S. The summed E-state index contributed by atoms with van der Waals surface area (Å²) in [7, 11) is 0. The molecule has 2 heterocycles. The average Bonchev–Trinajstić information content (AvgIpc) is 3.12. The summed E-state index contributed by atoms with van der Waals surface area (Å²) in [4.78, 5) is 42.2. The van der Waals surface area contributed by atoms with E-state index in [0.717, 1.165) is 27.2 Å². The number of para-hydroxylation sites is 1. The number of hydrogen-bond acceptors (Lipinski definition) is 4. The number of amides is 2. The maximum absolute atomic E-state index is 13.5. The number of aromatic amines is 1. The number of aryl methyl sites for hydroxylation is 1. The second-order valence-electron chi connectivity index (χ2n) is 11.0. The highest BCUT2D eigenvalue weighted by atomic mass is 32.2. The van der Waals surface area contributed by atoms with Crippen LogP contribution in [0, 0.1) is 25.7 Å². The Labute approximate surface area is 230 Å². The van der Waals surface area contributed by atoms with Crippen molar-refractivity contribution in [2.24, 2.45) is 11.8 Å². The fourth-order valence-electron chi connectivity index (χ4n) is 6.06. The number of hydrogen-bond donors (Lipinski definition) is 3. The van der Waals surface area contributed by atoms with Gasteiger partial charge in [0.2, 0.25) is 5.91 Å². The van der Waals surface area contributed by atoms with Crippen LogP contribution < -0.4 is 16.2 Å². The third kappa shape index (κ3) is 5.23. The van der Waals surface area contributed by atoms with Crippen molar-refractivity contribution in [2.75, 3.05) is 6.26 Å². The van der Waals surface area contributed by atoms with Crippen molar-refractivity contribution in [3.05, 3.63) is 63.2 Å². The highest BCUT2D eigenvalue weighted by Gasteiger charge is 2.47. The lowest BCUT2D eigenvalue weighted by Crippen LogP contribution is -2.53. The highest BCUT2D eigenvalue weighted by molar-refractivity contribution is 7.98. The summed E-state index contributed by atoms with van der Waals surface area (Å²) in [6.07, 6.45) is 2.71. The first-order valence-corrected chi connectivity index (χ1v) is 14.5. The first-order chi connectivity index (χ1) is 18.5. The molecule has 1 atom stereocenters. The lowest BCUT2D eigenvalue weighted by Gasteiger charge is -2.42. The van der Waals surface area contributed by atoms with E-state index in [1.165, 1.54) is 11.8 Å². The lowest BCUT2D eigenvalue weighted by molar-refractivity contribution is -0.137. The predicted octanol–water partition coefficient (Wildman–Crippen LogP) is 5.10. The van der Waals surface area contributed by atoms with Crippen LogP contribution in [0.4, 0.5) is 8.78 Å². The van der Waals surface area contributed by atoms with Crippen molar-refractivity contribution in [1.29, 1.82) is 0 Å². The molecule has 0 unspecified atom stereocenters. The molecule has 0 spiro atoms. The molecule has 0 bridgehead atoms. The standard InChI is InChI=1S/C29H34F2N4O3S/c1-15-9-24(39-4)22(27(37)33-15)14-32-28(38)25-17(3)35(23-8-6-5-7-21(23)25)16(2)18-10-19(11-18)26(36)34-20-12-29(30,31)13-20/h5-9,16,18-20H,10-14H2,1-4H3,(H,32,38)(H,33,37)(H,34,36)/t16-,18?,19?/m1/s1. The molecule has 0 radical (unpaired) electrons. The number of carbonyl (C=O) groups excluding carboxylic acids is 2. The summed E-state index contributed by atoms with van der Waals surface area (Å²) in [5.74, 6) is -2.98. The van der Waals surface area contributed by atoms with Gasteiger partial charge in [0.25, 0.3) is 17.4 Å². The SMILES string of the molecule is CSc1cc(C)[nH]c(=O)c1CNC(=O)c1c(C)n([C@H](C)C2CC(C(=O)NC3CC(F)(F)C3)C2)c2ccccc12. The van der Waals surface area contributed by atoms with Crippen LogP contribution in [0.2, 0.25) is 0 Å². The number of nitrogens with one attached hydrogen (secondary N) is 3. The van der Waals surface area contributed by atoms with Crippen LogP contribution in [-0.2, 0) is 11.3 Å². The largest absolute Gasteiger partial charge is 0.353 e. The van der Waals surface area contributed by atoms with Gasteiger partial charge in [-0.25, -0.2) is 8.78 Å².